The first-order chi connectivity index (χ1) is 12.9. The molecular formula is C21H20N2O3S. The molecule has 5 nitrogen and oxygen atoms in total. The Kier molecular flexibility index (Phi) is 4.15. The molecule has 27 heavy (non-hydrogen) atoms. The summed E-state index contributed by atoms with van der Waals surface area (Å²) >= 11 is 1.45. The van der Waals surface area contributed by atoms with Crippen molar-refractivity contribution in [1.82, 2.24) is 4.98 Å². The van der Waals surface area contributed by atoms with Crippen LogP contribution in [0.5, 0.6) is 17.2 Å². The molecule has 0 unspecified atom stereocenters. The second-order valence-corrected chi connectivity index (χ2v) is 8.48. The van der Waals surface area contributed by atoms with Gasteiger partial charge in [0.05, 0.1) is 5.41 Å². The van der Waals surface area contributed by atoms with Gasteiger partial charge < -0.3 is 15.2 Å². The number of thiazole rings is 1. The summed E-state index contributed by atoms with van der Waals surface area (Å²) in [7, 11) is 0. The van der Waals surface area contributed by atoms with Crippen LogP contribution in [0.2, 0.25) is 0 Å². The minimum atomic E-state index is -0.773. The fraction of sp³-hybridized carbons (Fsp3) is 0.238. The molecule has 2 N–H and O–H groups in total. The first-order valence-corrected chi connectivity index (χ1v) is 9.51. The van der Waals surface area contributed by atoms with Crippen molar-refractivity contribution < 1.29 is 14.6 Å². The van der Waals surface area contributed by atoms with Gasteiger partial charge in [0.1, 0.15) is 17.2 Å². The van der Waals surface area contributed by atoms with Crippen molar-refractivity contribution in [2.45, 2.75) is 26.7 Å². The van der Waals surface area contributed by atoms with Crippen molar-refractivity contribution >= 4 is 22.4 Å². The second kappa shape index (κ2) is 6.39. The zero-order chi connectivity index (χ0) is 19.2. The summed E-state index contributed by atoms with van der Waals surface area (Å²) in [5, 5.41) is 13.4. The van der Waals surface area contributed by atoms with E-state index in [2.05, 4.69) is 10.3 Å². The number of phenolic OH excluding ortho intramolecular Hbond substituents is 1. The number of phenols is 1. The molecule has 0 bridgehead atoms. The van der Waals surface area contributed by atoms with E-state index < -0.39 is 5.41 Å². The number of ether oxygens (including phenoxy) is 1. The van der Waals surface area contributed by atoms with Gasteiger partial charge in [-0.1, -0.05) is 38.1 Å². The fourth-order valence-electron chi connectivity index (χ4n) is 3.53. The zero-order valence-corrected chi connectivity index (χ0v) is 16.1. The number of amides is 1. The Hall–Kier alpha value is -2.86. The Morgan fingerprint density at radius 2 is 1.93 bits per heavy atom. The number of benzene rings is 2. The van der Waals surface area contributed by atoms with Gasteiger partial charge in [0, 0.05) is 34.2 Å². The minimum absolute atomic E-state index is 0.113. The summed E-state index contributed by atoms with van der Waals surface area (Å²) in [5.74, 6) is 1.07. The number of hydrogen-bond donors (Lipinski definition) is 2. The highest BCUT2D eigenvalue weighted by Crippen LogP contribution is 2.52. The molecule has 0 fully saturated rings. The summed E-state index contributed by atoms with van der Waals surface area (Å²) in [6.45, 7) is 5.80. The van der Waals surface area contributed by atoms with Crippen LogP contribution < -0.4 is 10.1 Å². The van der Waals surface area contributed by atoms with E-state index in [0.717, 1.165) is 16.0 Å². The van der Waals surface area contributed by atoms with E-state index in [4.69, 9.17) is 4.74 Å². The number of hydrogen-bond acceptors (Lipinski definition) is 5. The van der Waals surface area contributed by atoms with Gasteiger partial charge in [0.25, 0.3) is 0 Å². The highest BCUT2D eigenvalue weighted by atomic mass is 32.1. The van der Waals surface area contributed by atoms with Crippen LogP contribution in [-0.2, 0) is 4.79 Å². The lowest BCUT2D eigenvalue weighted by Crippen LogP contribution is -2.38. The molecule has 0 saturated heterocycles. The Balaban J connectivity index is 1.78. The molecule has 1 atom stereocenters. The molecule has 2 aromatic carbocycles. The first kappa shape index (κ1) is 17.5. The third-order valence-electron chi connectivity index (χ3n) is 4.91. The minimum Gasteiger partial charge on any atom is -0.508 e. The van der Waals surface area contributed by atoms with E-state index in [-0.39, 0.29) is 17.6 Å². The average Bonchev–Trinajstić information content (AvgIpc) is 3.04. The number of rotatable bonds is 3. The third kappa shape index (κ3) is 3.06. The van der Waals surface area contributed by atoms with Gasteiger partial charge in [0.15, 0.2) is 5.13 Å². The fourth-order valence-corrected chi connectivity index (χ4v) is 4.19. The quantitative estimate of drug-likeness (QED) is 0.666. The first-order valence-electron chi connectivity index (χ1n) is 8.70. The molecule has 0 saturated carbocycles. The van der Waals surface area contributed by atoms with Gasteiger partial charge in [0.2, 0.25) is 5.91 Å². The summed E-state index contributed by atoms with van der Waals surface area (Å²) < 4.78 is 5.98. The van der Waals surface area contributed by atoms with Crippen LogP contribution in [0.25, 0.3) is 0 Å². The SMILES string of the molecule is Cc1cnc(NC(=O)C(C)(C)[C@@H]2c3ccccc3Oc3cc(O)ccc32)s1. The third-order valence-corrected chi connectivity index (χ3v) is 5.73. The van der Waals surface area contributed by atoms with Gasteiger partial charge in [-0.2, -0.15) is 0 Å². The topological polar surface area (TPSA) is 71.5 Å². The number of carbonyl (C=O) groups is 1. The van der Waals surface area contributed by atoms with Crippen molar-refractivity contribution in [2.24, 2.45) is 5.41 Å². The van der Waals surface area contributed by atoms with Crippen LogP contribution in [0.1, 0.15) is 35.8 Å². The number of aromatic hydroxyl groups is 1. The largest absolute Gasteiger partial charge is 0.508 e. The maximum atomic E-state index is 13.2. The van der Waals surface area contributed by atoms with E-state index in [1.807, 2.05) is 51.1 Å². The second-order valence-electron chi connectivity index (χ2n) is 7.25. The lowest BCUT2D eigenvalue weighted by Gasteiger charge is -2.38. The number of aryl methyl sites for hydroxylation is 1. The number of fused-ring (bicyclic) bond motifs is 2. The van der Waals surface area contributed by atoms with Gasteiger partial charge >= 0.3 is 0 Å². The van der Waals surface area contributed by atoms with Gasteiger partial charge in [-0.25, -0.2) is 4.98 Å². The van der Waals surface area contributed by atoms with Crippen LogP contribution in [0.4, 0.5) is 5.13 Å². The maximum absolute atomic E-state index is 13.2. The monoisotopic (exact) mass is 380 g/mol. The molecule has 1 aromatic heterocycles. The summed E-state index contributed by atoms with van der Waals surface area (Å²) in [4.78, 5) is 18.5. The number of carbonyl (C=O) groups excluding carboxylic acids is 1. The molecule has 1 aliphatic rings. The van der Waals surface area contributed by atoms with Gasteiger partial charge in [-0.15, -0.1) is 11.3 Å². The molecule has 0 spiro atoms. The van der Waals surface area contributed by atoms with E-state index in [0.29, 0.717) is 16.6 Å². The summed E-state index contributed by atoms with van der Waals surface area (Å²) in [5.41, 5.74) is 1.05. The Morgan fingerprint density at radius 3 is 2.67 bits per heavy atom. The van der Waals surface area contributed by atoms with Crippen molar-refractivity contribution in [1.29, 1.82) is 0 Å². The number of nitrogens with zero attached hydrogens (tertiary/aromatic N) is 1. The molecule has 6 heteroatoms. The summed E-state index contributed by atoms with van der Waals surface area (Å²) in [6.07, 6.45) is 1.75. The molecule has 1 amide bonds. The number of anilines is 1. The van der Waals surface area contributed by atoms with E-state index in [1.165, 1.54) is 11.3 Å². The van der Waals surface area contributed by atoms with Crippen LogP contribution in [0.3, 0.4) is 0 Å². The molecule has 3 aromatic rings. The van der Waals surface area contributed by atoms with E-state index in [1.54, 1.807) is 18.3 Å². The molecular weight excluding hydrogens is 360 g/mol. The van der Waals surface area contributed by atoms with Crippen LogP contribution in [-0.4, -0.2) is 16.0 Å². The number of nitrogens with one attached hydrogen (secondary N) is 1. The van der Waals surface area contributed by atoms with E-state index in [9.17, 15) is 9.90 Å². The number of para-hydroxylation sites is 1. The molecule has 0 radical (unpaired) electrons. The number of aromatic nitrogens is 1. The smallest absolute Gasteiger partial charge is 0.232 e. The maximum Gasteiger partial charge on any atom is 0.232 e. The predicted molar refractivity (Wildman–Crippen MR) is 106 cm³/mol. The van der Waals surface area contributed by atoms with Crippen molar-refractivity contribution in [2.75, 3.05) is 5.32 Å². The lowest BCUT2D eigenvalue weighted by molar-refractivity contribution is -0.124. The van der Waals surface area contributed by atoms with Crippen molar-refractivity contribution in [3.05, 3.63) is 64.7 Å². The van der Waals surface area contributed by atoms with E-state index >= 15 is 0 Å². The Labute approximate surface area is 161 Å². The Bertz CT molecular complexity index is 1030. The lowest BCUT2D eigenvalue weighted by atomic mass is 9.69. The van der Waals surface area contributed by atoms with Crippen LogP contribution in [0.15, 0.2) is 48.7 Å². The standard InChI is InChI=1S/C21H20N2O3S/c1-12-11-22-20(27-12)23-19(25)21(2,3)18-14-6-4-5-7-16(14)26-17-10-13(24)8-9-15(17)18/h4-11,18,24H,1-3H3,(H,22,23,25)/t18-/m1/s1. The van der Waals surface area contributed by atoms with Gasteiger partial charge in [-0.05, 0) is 19.1 Å². The highest BCUT2D eigenvalue weighted by molar-refractivity contribution is 7.15. The molecule has 138 valence electrons. The Morgan fingerprint density at radius 1 is 1.19 bits per heavy atom. The molecule has 0 aliphatic carbocycles. The normalized spacial score (nSPS) is 15.4. The molecule has 4 rings (SSSR count). The molecule has 2 heterocycles. The van der Waals surface area contributed by atoms with Crippen molar-refractivity contribution in [3.63, 3.8) is 0 Å². The van der Waals surface area contributed by atoms with Crippen LogP contribution >= 0.6 is 11.3 Å². The average molecular weight is 380 g/mol. The van der Waals surface area contributed by atoms with Crippen molar-refractivity contribution in [3.8, 4) is 17.2 Å². The van der Waals surface area contributed by atoms with Gasteiger partial charge in [-0.3, -0.25) is 4.79 Å². The highest BCUT2D eigenvalue weighted by Gasteiger charge is 2.43. The molecule has 1 aliphatic heterocycles. The van der Waals surface area contributed by atoms with Crippen LogP contribution in [0, 0.1) is 12.3 Å². The predicted octanol–water partition coefficient (Wildman–Crippen LogP) is 5.06. The summed E-state index contributed by atoms with van der Waals surface area (Å²) in [6, 6.07) is 12.8. The zero-order valence-electron chi connectivity index (χ0n) is 15.3.